The van der Waals surface area contributed by atoms with Gasteiger partial charge in [0.2, 0.25) is 0 Å². The van der Waals surface area contributed by atoms with Gasteiger partial charge in [-0.05, 0) is 306 Å². The van der Waals surface area contributed by atoms with Crippen LogP contribution in [0.3, 0.4) is 0 Å². The van der Waals surface area contributed by atoms with E-state index in [1.54, 1.807) is 14.2 Å². The number of esters is 6. The minimum atomic E-state index is -0.446. The minimum Gasteiger partial charge on any atom is -0.497 e. The third-order valence-electron chi connectivity index (χ3n) is 26.3. The van der Waals surface area contributed by atoms with Crippen molar-refractivity contribution in [1.29, 1.82) is 0 Å². The molecule has 145 heavy (non-hydrogen) atoms. The van der Waals surface area contributed by atoms with Gasteiger partial charge in [-0.25, -0.2) is 0 Å². The second kappa shape index (κ2) is 64.4. The highest BCUT2D eigenvalue weighted by Gasteiger charge is 2.33. The third-order valence-corrected chi connectivity index (χ3v) is 26.3. The first-order valence-corrected chi connectivity index (χ1v) is 47.4. The first-order chi connectivity index (χ1) is 63.3. The molecule has 2 aliphatic rings. The molecule has 798 valence electrons. The van der Waals surface area contributed by atoms with E-state index in [0.29, 0.717) is 0 Å². The predicted octanol–water partition coefficient (Wildman–Crippen LogP) is 38.2. The van der Waals surface area contributed by atoms with Crippen molar-refractivity contribution in [3.63, 3.8) is 0 Å². The van der Waals surface area contributed by atoms with Crippen LogP contribution in [0.2, 0.25) is 0 Å². The first-order valence-electron chi connectivity index (χ1n) is 47.4. The van der Waals surface area contributed by atoms with Gasteiger partial charge >= 0.3 is 35.8 Å². The van der Waals surface area contributed by atoms with Crippen molar-refractivity contribution in [2.45, 2.75) is 336 Å². The molecule has 0 radical (unpaired) electrons. The van der Waals surface area contributed by atoms with E-state index in [1.165, 1.54) is 77.9 Å². The van der Waals surface area contributed by atoms with Crippen LogP contribution in [0.5, 0.6) is 11.5 Å². The van der Waals surface area contributed by atoms with E-state index < -0.39 is 16.2 Å². The lowest BCUT2D eigenvalue weighted by atomic mass is 9.90. The lowest BCUT2D eigenvalue weighted by molar-refractivity contribution is -0.160. The monoisotopic (exact) mass is 1990 g/mol. The molecule has 14 rings (SSSR count). The van der Waals surface area contributed by atoms with Crippen molar-refractivity contribution in [2.75, 3.05) is 14.2 Å². The van der Waals surface area contributed by atoms with Gasteiger partial charge < -0.3 is 37.9 Å². The Labute approximate surface area is 880 Å². The van der Waals surface area contributed by atoms with Gasteiger partial charge in [-0.3, -0.25) is 28.8 Å². The normalized spacial score (nSPS) is 12.5. The van der Waals surface area contributed by atoms with Crippen LogP contribution in [-0.2, 0) is 70.0 Å². The van der Waals surface area contributed by atoms with Crippen molar-refractivity contribution in [3.8, 4) is 56.0 Å². The summed E-state index contributed by atoms with van der Waals surface area (Å²) in [5.74, 6) is 0.725. The van der Waals surface area contributed by atoms with E-state index in [0.717, 1.165) is 118 Å². The molecule has 12 aromatic rings. The topological polar surface area (TPSA) is 176 Å². The highest BCUT2D eigenvalue weighted by atomic mass is 16.6. The van der Waals surface area contributed by atoms with E-state index in [4.69, 9.17) is 37.9 Å². The molecule has 9 unspecified atom stereocenters. The molecular weight excluding hydrogens is 1800 g/mol. The Kier molecular flexibility index (Phi) is 61.7. The number of rotatable bonds is 28. The fraction of sp³-hybridized carbons (Fsp3) is 0.435. The van der Waals surface area contributed by atoms with Crippen LogP contribution < -0.4 is 9.47 Å². The van der Waals surface area contributed by atoms with Crippen LogP contribution >= 0.6 is 0 Å². The number of hydrogen-bond donors (Lipinski definition) is 0. The molecule has 14 nitrogen and oxygen atoms in total. The summed E-state index contributed by atoms with van der Waals surface area (Å²) in [5.41, 5.74) is 22.8. The smallest absolute Gasteiger partial charge is 0.312 e. The van der Waals surface area contributed by atoms with Crippen LogP contribution in [0.15, 0.2) is 255 Å². The number of carbonyl (C=O) groups excluding carboxylic acids is 6. The van der Waals surface area contributed by atoms with E-state index >= 15 is 0 Å². The predicted molar refractivity (Wildman–Crippen MR) is 622 cm³/mol. The molecule has 0 heterocycles. The molecule has 0 spiro atoms. The number of methoxy groups -OCH3 is 2. The lowest BCUT2D eigenvalue weighted by Gasteiger charge is -2.24. The number of carbonyl (C=O) groups is 6. The summed E-state index contributed by atoms with van der Waals surface area (Å²) in [5, 5.41) is 4.43. The molecule has 0 fully saturated rings. The van der Waals surface area contributed by atoms with Crippen LogP contribution in [0.4, 0.5) is 0 Å². The number of fused-ring (bicyclic) bond motifs is 8. The maximum Gasteiger partial charge on any atom is 0.312 e. The van der Waals surface area contributed by atoms with Gasteiger partial charge in [-0.15, -0.1) is 0 Å². The van der Waals surface area contributed by atoms with Gasteiger partial charge in [0.25, 0.3) is 0 Å². The van der Waals surface area contributed by atoms with Crippen molar-refractivity contribution in [3.05, 3.63) is 322 Å². The SMILES string of the molecule is C.C.C.C.C.C.C.C.C.C.C.C.CCC(C)(C)C(=O)OC(C)c1ccc(-c2ccc(C)cc2)cc1.CCC(C)(C)C(=O)OC(C)c1ccc2c(c1)Cc1ccccc1-2.CCC(C)(C)C(=O)OC(C)c1ccc2cc(OC)ccc2c1.CCC(C)C(=O)OC(C)c1ccc(-c2ccc(C)cc2)cc1.CCC(C)C(=O)OC(C)c1ccc2c(c1)Cc1ccccc1-2.CCC(C)C(=O)OC(C)c1ccc2cc(OC)ccc2c1. The number of aryl methyl sites for hydroxylation is 2. The lowest BCUT2D eigenvalue weighted by Crippen LogP contribution is -2.26. The Hall–Kier alpha value is -12.4. The van der Waals surface area contributed by atoms with Gasteiger partial charge in [-0.2, -0.15) is 0 Å². The largest absolute Gasteiger partial charge is 0.497 e. The zero-order valence-electron chi connectivity index (χ0n) is 83.3. The molecule has 0 N–H and O–H groups in total. The zero-order valence-corrected chi connectivity index (χ0v) is 83.3. The minimum absolute atomic E-state index is 0. The highest BCUT2D eigenvalue weighted by molar-refractivity contribution is 5.87. The summed E-state index contributed by atoms with van der Waals surface area (Å²) in [4.78, 5) is 72.3. The van der Waals surface area contributed by atoms with Crippen LogP contribution in [0.25, 0.3) is 66.1 Å². The molecule has 12 aromatic carbocycles. The molecule has 0 saturated heterocycles. The molecule has 0 saturated carbocycles. The van der Waals surface area contributed by atoms with Gasteiger partial charge in [0.05, 0.1) is 48.2 Å². The fourth-order valence-electron chi connectivity index (χ4n) is 14.6. The van der Waals surface area contributed by atoms with Crippen molar-refractivity contribution in [1.82, 2.24) is 0 Å². The maximum atomic E-state index is 12.3. The molecule has 0 aliphatic heterocycles. The first kappa shape index (κ1) is 139. The van der Waals surface area contributed by atoms with E-state index in [1.807, 2.05) is 230 Å². The summed E-state index contributed by atoms with van der Waals surface area (Å²) >= 11 is 0. The molecule has 0 bridgehead atoms. The second-order valence-corrected chi connectivity index (χ2v) is 37.4. The molecule has 2 aliphatic carbocycles. The molecule has 9 atom stereocenters. The summed E-state index contributed by atoms with van der Waals surface area (Å²) in [7, 11) is 3.32. The Bertz CT molecular complexity index is 5880. The summed E-state index contributed by atoms with van der Waals surface area (Å²) in [6.07, 6.45) is 5.27. The molecule has 14 heteroatoms. The number of hydrogen-bond acceptors (Lipinski definition) is 14. The number of ether oxygens (including phenoxy) is 8. The molecular formula is C131H190O14. The molecule has 0 amide bonds. The van der Waals surface area contributed by atoms with Gasteiger partial charge in [0.1, 0.15) is 48.1 Å². The van der Waals surface area contributed by atoms with Gasteiger partial charge in [-0.1, -0.05) is 381 Å². The fourth-order valence-corrected chi connectivity index (χ4v) is 14.6. The highest BCUT2D eigenvalue weighted by Crippen LogP contribution is 2.42. The third kappa shape index (κ3) is 38.2. The van der Waals surface area contributed by atoms with Crippen LogP contribution in [-0.4, -0.2) is 50.0 Å². The Morgan fingerprint density at radius 1 is 0.255 bits per heavy atom. The maximum absolute atomic E-state index is 12.3. The Morgan fingerprint density at radius 3 is 0.752 bits per heavy atom. The van der Waals surface area contributed by atoms with Gasteiger partial charge in [0.15, 0.2) is 0 Å². The average molecular weight is 1990 g/mol. The van der Waals surface area contributed by atoms with Crippen LogP contribution in [0.1, 0.15) is 376 Å². The zero-order chi connectivity index (χ0) is 97.2. The molecule has 0 aromatic heterocycles. The summed E-state index contributed by atoms with van der Waals surface area (Å²) in [6.45, 7) is 44.9. The quantitative estimate of drug-likeness (QED) is 0.0334. The average Bonchev–Trinajstić information content (AvgIpc) is 1.64. The Balaban J connectivity index is -0.000000809. The van der Waals surface area contributed by atoms with E-state index in [9.17, 15) is 28.8 Å². The van der Waals surface area contributed by atoms with E-state index in [2.05, 4.69) is 184 Å². The summed E-state index contributed by atoms with van der Waals surface area (Å²) in [6, 6.07) is 87.3. The Morgan fingerprint density at radius 2 is 0.476 bits per heavy atom. The summed E-state index contributed by atoms with van der Waals surface area (Å²) < 4.78 is 44.0. The van der Waals surface area contributed by atoms with Gasteiger partial charge in [0, 0.05) is 0 Å². The second-order valence-electron chi connectivity index (χ2n) is 37.4. The standard InChI is InChI=1S/C21H24O2.C21H26O2.C20H22O2.C20H24O2.C19H24O3.C18H22O3.12CH4/c1-5-21(3,4)20(22)23-14(2)15-10-11-19-17(12-15)13-16-8-6-7-9-18(16)19;1-6-21(4,5)20(22)23-16(3)17-11-13-19(14-12-17)18-9-7-15(2)8-10-18;1-4-13(2)20(21)22-14(3)15-9-10-19-17(11-15)12-16-7-5-6-8-18(16)19;1-5-15(3)20(21)22-16(4)17-10-12-19(13-11-17)18-8-6-14(2)7-9-18;1-6-19(3,4)18(20)22-13(2)14-7-8-16-12-17(21-5)10-9-15(16)11-14;1-5-12(2)18(19)21-13(3)14-6-7-16-11-17(20-4)9-8-15(16)10-14;;;;;;;;;;;;/h6-12,14H,5,13H2,1-4H3;7-14,16H,6H2,1-5H3;5-11,13-14H,4,12H2,1-3H3;6-13,15-16H,5H2,1-4H3;7-13H,6H2,1-5H3;6-13H,5H2,1-4H3;12*1H4. The van der Waals surface area contributed by atoms with Crippen molar-refractivity contribution in [2.24, 2.45) is 34.0 Å². The van der Waals surface area contributed by atoms with Crippen LogP contribution in [0, 0.1) is 47.8 Å². The van der Waals surface area contributed by atoms with E-state index in [-0.39, 0.29) is 179 Å². The van der Waals surface area contributed by atoms with Crippen molar-refractivity contribution < 1.29 is 66.7 Å². The number of benzene rings is 12. The van der Waals surface area contributed by atoms with Crippen molar-refractivity contribution >= 4 is 57.4 Å².